The molecule has 0 atom stereocenters. The molecule has 0 fully saturated rings. The highest BCUT2D eigenvalue weighted by Crippen LogP contribution is 2.19. The van der Waals surface area contributed by atoms with Crippen molar-refractivity contribution >= 4 is 32.6 Å². The molecular weight excluding hydrogens is 188 g/mol. The van der Waals surface area contributed by atoms with E-state index in [1.807, 2.05) is 12.1 Å². The molecule has 0 radical (unpaired) electrons. The van der Waals surface area contributed by atoms with Gasteiger partial charge in [-0.2, -0.15) is 10.1 Å². The van der Waals surface area contributed by atoms with Gasteiger partial charge in [-0.05, 0) is 12.1 Å². The lowest BCUT2D eigenvalue weighted by atomic mass is 10.3. The molecule has 3 rings (SSSR count). The SMILES string of the molecule is O=c1nc2cc3[nH][nH]nc3cc2s1. The van der Waals surface area contributed by atoms with Gasteiger partial charge in [0, 0.05) is 0 Å². The Morgan fingerprint density at radius 1 is 1.31 bits per heavy atom. The Bertz CT molecular complexity index is 583. The van der Waals surface area contributed by atoms with Gasteiger partial charge in [-0.3, -0.25) is 9.89 Å². The summed E-state index contributed by atoms with van der Waals surface area (Å²) in [5.74, 6) is 0. The highest BCUT2D eigenvalue weighted by molar-refractivity contribution is 7.16. The number of rotatable bonds is 0. The minimum Gasteiger partial charge on any atom is -0.283 e. The minimum absolute atomic E-state index is 0.161. The minimum atomic E-state index is -0.161. The second-order valence-corrected chi connectivity index (χ2v) is 3.66. The topological polar surface area (TPSA) is 74.4 Å². The Labute approximate surface area is 75.4 Å². The van der Waals surface area contributed by atoms with Crippen LogP contribution in [-0.4, -0.2) is 20.4 Å². The van der Waals surface area contributed by atoms with Gasteiger partial charge >= 0.3 is 4.87 Å². The standard InChI is InChI=1S/C7H4N4OS/c12-7-8-5-1-3-4(10-11-9-3)2-6(5)13-7/h1-2,9,11H. The monoisotopic (exact) mass is 192 g/mol. The molecular formula is C7H4N4OS. The van der Waals surface area contributed by atoms with E-state index in [1.165, 1.54) is 0 Å². The molecule has 0 amide bonds. The molecule has 0 unspecified atom stereocenters. The summed E-state index contributed by atoms with van der Waals surface area (Å²) >= 11 is 1.14. The third-order valence-electron chi connectivity index (χ3n) is 1.85. The summed E-state index contributed by atoms with van der Waals surface area (Å²) < 4.78 is 0.873. The molecule has 1 aromatic carbocycles. The highest BCUT2D eigenvalue weighted by atomic mass is 32.1. The van der Waals surface area contributed by atoms with Crippen molar-refractivity contribution in [2.24, 2.45) is 0 Å². The van der Waals surface area contributed by atoms with Crippen LogP contribution in [-0.2, 0) is 0 Å². The number of aromatic nitrogens is 4. The van der Waals surface area contributed by atoms with Gasteiger partial charge < -0.3 is 0 Å². The molecule has 5 nitrogen and oxygen atoms in total. The lowest BCUT2D eigenvalue weighted by molar-refractivity contribution is 0.959. The van der Waals surface area contributed by atoms with Crippen molar-refractivity contribution in [2.45, 2.75) is 0 Å². The van der Waals surface area contributed by atoms with Crippen LogP contribution in [0, 0.1) is 0 Å². The van der Waals surface area contributed by atoms with Crippen molar-refractivity contribution < 1.29 is 0 Å². The smallest absolute Gasteiger partial charge is 0.283 e. The van der Waals surface area contributed by atoms with Crippen molar-refractivity contribution in [1.82, 2.24) is 20.4 Å². The van der Waals surface area contributed by atoms with E-state index < -0.39 is 0 Å². The van der Waals surface area contributed by atoms with E-state index in [0.717, 1.165) is 32.6 Å². The molecule has 0 aliphatic carbocycles. The first-order chi connectivity index (χ1) is 6.33. The maximum atomic E-state index is 11.0. The van der Waals surface area contributed by atoms with Gasteiger partial charge in [0.05, 0.1) is 15.7 Å². The number of nitrogens with one attached hydrogen (secondary N) is 2. The largest absolute Gasteiger partial charge is 0.327 e. The zero-order valence-corrected chi connectivity index (χ0v) is 7.18. The first kappa shape index (κ1) is 6.79. The van der Waals surface area contributed by atoms with Crippen LogP contribution in [0.4, 0.5) is 0 Å². The first-order valence-electron chi connectivity index (χ1n) is 3.66. The van der Waals surface area contributed by atoms with E-state index in [4.69, 9.17) is 0 Å². The van der Waals surface area contributed by atoms with Crippen LogP contribution in [0.15, 0.2) is 16.9 Å². The van der Waals surface area contributed by atoms with Gasteiger partial charge in [-0.15, -0.1) is 0 Å². The Kier molecular flexibility index (Phi) is 1.13. The average Bonchev–Trinajstić information content (AvgIpc) is 2.63. The summed E-state index contributed by atoms with van der Waals surface area (Å²) in [6.07, 6.45) is 0. The number of H-pyrrole nitrogens is 2. The number of hydrogen-bond donors (Lipinski definition) is 2. The van der Waals surface area contributed by atoms with Gasteiger partial charge in [0.25, 0.3) is 0 Å². The van der Waals surface area contributed by atoms with Crippen molar-refractivity contribution in [3.05, 3.63) is 21.8 Å². The molecule has 13 heavy (non-hydrogen) atoms. The normalized spacial score (nSPS) is 11.4. The quantitative estimate of drug-likeness (QED) is 0.554. The van der Waals surface area contributed by atoms with Crippen molar-refractivity contribution in [1.29, 1.82) is 0 Å². The van der Waals surface area contributed by atoms with Crippen LogP contribution in [0.5, 0.6) is 0 Å². The Hall–Kier alpha value is -1.69. The van der Waals surface area contributed by atoms with Crippen LogP contribution in [0.3, 0.4) is 0 Å². The van der Waals surface area contributed by atoms with Gasteiger partial charge in [0.2, 0.25) is 0 Å². The fourth-order valence-corrected chi connectivity index (χ4v) is 1.99. The van der Waals surface area contributed by atoms with Crippen molar-refractivity contribution in [3.63, 3.8) is 0 Å². The number of aromatic amines is 2. The van der Waals surface area contributed by atoms with Crippen LogP contribution >= 0.6 is 11.3 Å². The number of fused-ring (bicyclic) bond motifs is 2. The van der Waals surface area contributed by atoms with E-state index in [9.17, 15) is 4.79 Å². The van der Waals surface area contributed by atoms with Crippen LogP contribution in [0.25, 0.3) is 21.3 Å². The molecule has 3 aromatic rings. The molecule has 0 aliphatic rings. The lowest BCUT2D eigenvalue weighted by Gasteiger charge is -1.85. The summed E-state index contributed by atoms with van der Waals surface area (Å²) in [5.41, 5.74) is 2.40. The van der Waals surface area contributed by atoms with Gasteiger partial charge in [0.1, 0.15) is 5.52 Å². The average molecular weight is 192 g/mol. The molecule has 6 heteroatoms. The van der Waals surface area contributed by atoms with Gasteiger partial charge in [-0.25, -0.2) is 5.21 Å². The summed E-state index contributed by atoms with van der Waals surface area (Å²) in [7, 11) is 0. The van der Waals surface area contributed by atoms with Crippen LogP contribution in [0.1, 0.15) is 0 Å². The number of hydrogen-bond acceptors (Lipinski definition) is 4. The third-order valence-corrected chi connectivity index (χ3v) is 2.67. The van der Waals surface area contributed by atoms with Crippen LogP contribution < -0.4 is 4.87 Å². The molecule has 0 bridgehead atoms. The third kappa shape index (κ3) is 0.888. The van der Waals surface area contributed by atoms with E-state index in [-0.39, 0.29) is 4.87 Å². The van der Waals surface area contributed by atoms with E-state index in [0.29, 0.717) is 0 Å². The Balaban J connectivity index is 2.62. The summed E-state index contributed by atoms with van der Waals surface area (Å²) in [4.78, 5) is 14.6. The molecule has 2 aromatic heterocycles. The van der Waals surface area contributed by atoms with Crippen molar-refractivity contribution in [2.75, 3.05) is 0 Å². The van der Waals surface area contributed by atoms with Gasteiger partial charge in [0.15, 0.2) is 0 Å². The summed E-state index contributed by atoms with van der Waals surface area (Å²) in [5, 5.41) is 9.46. The molecule has 0 saturated heterocycles. The Morgan fingerprint density at radius 3 is 3.15 bits per heavy atom. The highest BCUT2D eigenvalue weighted by Gasteiger charge is 2.04. The zero-order chi connectivity index (χ0) is 8.84. The summed E-state index contributed by atoms with van der Waals surface area (Å²) in [6.45, 7) is 0. The molecule has 64 valence electrons. The molecule has 0 spiro atoms. The molecule has 0 saturated carbocycles. The molecule has 0 aliphatic heterocycles. The summed E-state index contributed by atoms with van der Waals surface area (Å²) in [6, 6.07) is 3.66. The van der Waals surface area contributed by atoms with E-state index >= 15 is 0 Å². The second-order valence-electron chi connectivity index (χ2n) is 2.67. The fraction of sp³-hybridized carbons (Fsp3) is 0. The molecule has 2 N–H and O–H groups in total. The predicted octanol–water partition coefficient (Wildman–Crippen LogP) is 0.861. The zero-order valence-electron chi connectivity index (χ0n) is 6.37. The second kappa shape index (κ2) is 2.17. The first-order valence-corrected chi connectivity index (χ1v) is 4.48. The predicted molar refractivity (Wildman–Crippen MR) is 49.9 cm³/mol. The number of benzene rings is 1. The van der Waals surface area contributed by atoms with Crippen molar-refractivity contribution in [3.8, 4) is 0 Å². The van der Waals surface area contributed by atoms with E-state index in [2.05, 4.69) is 20.4 Å². The van der Waals surface area contributed by atoms with E-state index in [1.54, 1.807) is 0 Å². The number of nitrogens with zero attached hydrogens (tertiary/aromatic N) is 2. The maximum absolute atomic E-state index is 11.0. The molecule has 2 heterocycles. The lowest BCUT2D eigenvalue weighted by Crippen LogP contribution is -1.89. The van der Waals surface area contributed by atoms with Gasteiger partial charge in [-0.1, -0.05) is 11.3 Å². The van der Waals surface area contributed by atoms with Crippen LogP contribution in [0.2, 0.25) is 0 Å². The number of thiazole rings is 1. The maximum Gasteiger partial charge on any atom is 0.327 e. The Morgan fingerprint density at radius 2 is 2.23 bits per heavy atom. The fourth-order valence-electron chi connectivity index (χ4n) is 1.28.